The number of pyridine rings is 1. The molecule has 0 saturated carbocycles. The monoisotopic (exact) mass is 881 g/mol. The third-order valence-corrected chi connectivity index (χ3v) is 10.6. The van der Waals surface area contributed by atoms with Crippen LogP contribution in [0.3, 0.4) is 0 Å². The number of alkyl halides is 3. The van der Waals surface area contributed by atoms with Crippen molar-refractivity contribution < 1.29 is 61.5 Å². The summed E-state index contributed by atoms with van der Waals surface area (Å²) in [5.74, 6) is -5.13. The summed E-state index contributed by atoms with van der Waals surface area (Å²) < 4.78 is 75.5. The number of benzene rings is 4. The van der Waals surface area contributed by atoms with Crippen LogP contribution in [0.4, 0.5) is 22.0 Å². The number of rotatable bonds is 16. The largest absolute Gasteiger partial charge is 0.493 e. The number of fused-ring (bicyclic) bond motifs is 1. The molecule has 1 saturated heterocycles. The minimum absolute atomic E-state index is 0.108. The predicted octanol–water partition coefficient (Wildman–Crippen LogP) is 6.54. The van der Waals surface area contributed by atoms with Gasteiger partial charge in [0.1, 0.15) is 12.3 Å². The molecule has 63 heavy (non-hydrogen) atoms. The lowest BCUT2D eigenvalue weighted by Crippen LogP contribution is -2.39. The minimum Gasteiger partial charge on any atom is -0.493 e. The molecule has 5 aromatic rings. The van der Waals surface area contributed by atoms with Gasteiger partial charge >= 0.3 is 18.1 Å². The molecule has 1 aliphatic rings. The van der Waals surface area contributed by atoms with Crippen molar-refractivity contribution in [1.29, 1.82) is 0 Å². The van der Waals surface area contributed by atoms with E-state index in [1.54, 1.807) is 46.8 Å². The lowest BCUT2D eigenvalue weighted by atomic mass is 10.0. The van der Waals surface area contributed by atoms with Crippen molar-refractivity contribution in [3.05, 3.63) is 135 Å². The molecule has 6 rings (SSSR count). The number of hydrogen-bond acceptors (Lipinski definition) is 8. The molecule has 0 radical (unpaired) electrons. The number of aryl methyl sites for hydroxylation is 2. The second-order valence-corrected chi connectivity index (χ2v) is 15.2. The molecule has 0 aliphatic carbocycles. The number of carbonyl (C=O) groups is 3. The molecule has 1 amide bonds. The highest BCUT2D eigenvalue weighted by atomic mass is 19.4. The molecule has 4 aromatic carbocycles. The van der Waals surface area contributed by atoms with Crippen molar-refractivity contribution in [3.8, 4) is 16.9 Å². The highest BCUT2D eigenvalue weighted by molar-refractivity contribution is 5.84. The van der Waals surface area contributed by atoms with Gasteiger partial charge < -0.3 is 39.5 Å². The van der Waals surface area contributed by atoms with Crippen molar-refractivity contribution in [3.63, 3.8) is 0 Å². The zero-order valence-electron chi connectivity index (χ0n) is 34.4. The van der Waals surface area contributed by atoms with Gasteiger partial charge in [-0.05, 0) is 97.8 Å². The second-order valence-electron chi connectivity index (χ2n) is 15.2. The van der Waals surface area contributed by atoms with E-state index < -0.39 is 47.5 Å². The lowest BCUT2D eigenvalue weighted by Gasteiger charge is -2.26. The number of aliphatic hydroxyl groups excluding tert-OH is 2. The van der Waals surface area contributed by atoms with E-state index >= 15 is 0 Å². The van der Waals surface area contributed by atoms with Gasteiger partial charge in [-0.25, -0.2) is 18.4 Å². The zero-order valence-corrected chi connectivity index (χ0v) is 34.4. The maximum atomic E-state index is 14.6. The predicted molar refractivity (Wildman–Crippen MR) is 223 cm³/mol. The Morgan fingerprint density at radius 2 is 1.43 bits per heavy atom. The number of aliphatic hydroxyl groups is 2. The van der Waals surface area contributed by atoms with Gasteiger partial charge in [-0.15, -0.1) is 0 Å². The Balaban J connectivity index is 0.000000667. The van der Waals surface area contributed by atoms with Crippen molar-refractivity contribution in [2.75, 3.05) is 33.3 Å². The minimum atomic E-state index is -4.41. The molecule has 4 N–H and O–H groups in total. The zero-order chi connectivity index (χ0) is 45.8. The van der Waals surface area contributed by atoms with Gasteiger partial charge in [-0.2, -0.15) is 13.2 Å². The van der Waals surface area contributed by atoms with Gasteiger partial charge in [0, 0.05) is 43.4 Å². The Kier molecular flexibility index (Phi) is 16.5. The van der Waals surface area contributed by atoms with Crippen LogP contribution < -0.4 is 10.2 Å². The van der Waals surface area contributed by atoms with Crippen molar-refractivity contribution in [2.45, 2.75) is 70.0 Å². The normalized spacial score (nSPS) is 14.0. The Hall–Kier alpha value is -6.17. The number of likely N-dealkylation sites (N-methyl/N-ethyl adjacent to an activating group) is 1. The van der Waals surface area contributed by atoms with Crippen LogP contribution in [0.15, 0.2) is 95.8 Å². The van der Waals surface area contributed by atoms with Gasteiger partial charge in [0.25, 0.3) is 0 Å². The van der Waals surface area contributed by atoms with Crippen molar-refractivity contribution in [2.24, 2.45) is 0 Å². The number of carbonyl (C=O) groups excluding carboxylic acids is 1. The summed E-state index contributed by atoms with van der Waals surface area (Å²) in [6.45, 7) is 3.75. The highest BCUT2D eigenvalue weighted by Crippen LogP contribution is 2.31. The summed E-state index contributed by atoms with van der Waals surface area (Å²) in [5, 5.41) is 32.9. The molecular formula is C46H48F5N3O9. The molecule has 336 valence electrons. The van der Waals surface area contributed by atoms with Crippen LogP contribution in [0.25, 0.3) is 22.0 Å². The SMILES string of the molecule is CN(Cc1ccc(-c2ccc(C(F)(F)F)cc2)cc1)C(=O)Cn1c(CCc2cccc(F)c2F)cc(=O)c2ccc(OCCCN3CCCCC3)cc21.O=C(O)[C@H](O)[C@@H](O)C(=O)O. The number of likely N-dealkylation sites (tertiary alicyclic amines) is 1. The number of ether oxygens (including phenoxy) is 1. The van der Waals surface area contributed by atoms with Crippen LogP contribution in [0.1, 0.15) is 48.1 Å². The Bertz CT molecular complexity index is 2400. The van der Waals surface area contributed by atoms with E-state index in [4.69, 9.17) is 25.2 Å². The van der Waals surface area contributed by atoms with E-state index in [-0.39, 0.29) is 42.8 Å². The molecule has 0 unspecified atom stereocenters. The average Bonchev–Trinajstić information content (AvgIpc) is 3.26. The van der Waals surface area contributed by atoms with Gasteiger partial charge in [0.2, 0.25) is 5.91 Å². The van der Waals surface area contributed by atoms with Crippen molar-refractivity contribution in [1.82, 2.24) is 14.4 Å². The summed E-state index contributed by atoms with van der Waals surface area (Å²) in [6, 6.07) is 22.8. The molecule has 2 atom stereocenters. The molecule has 17 heteroatoms. The number of nitrogens with zero attached hydrogens (tertiary/aromatic N) is 3. The third-order valence-electron chi connectivity index (χ3n) is 10.6. The van der Waals surface area contributed by atoms with Gasteiger partial charge in [0.15, 0.2) is 29.3 Å². The van der Waals surface area contributed by atoms with Gasteiger partial charge in [-0.1, -0.05) is 55.0 Å². The van der Waals surface area contributed by atoms with Gasteiger partial charge in [-0.3, -0.25) is 9.59 Å². The Morgan fingerprint density at radius 1 is 0.810 bits per heavy atom. The van der Waals surface area contributed by atoms with Crippen LogP contribution in [0.2, 0.25) is 0 Å². The summed E-state index contributed by atoms with van der Waals surface area (Å²) in [5.41, 5.74) is 2.37. The van der Waals surface area contributed by atoms with Crippen LogP contribution in [0.5, 0.6) is 5.75 Å². The molecule has 0 spiro atoms. The molecule has 1 aliphatic heterocycles. The number of aliphatic carboxylic acids is 2. The first kappa shape index (κ1) is 47.9. The van der Waals surface area contributed by atoms with E-state index in [0.717, 1.165) is 55.4 Å². The quantitative estimate of drug-likeness (QED) is 0.0631. The van der Waals surface area contributed by atoms with E-state index in [2.05, 4.69) is 4.90 Å². The Morgan fingerprint density at radius 3 is 2.03 bits per heavy atom. The van der Waals surface area contributed by atoms with Crippen LogP contribution in [-0.4, -0.2) is 98.1 Å². The van der Waals surface area contributed by atoms with E-state index in [9.17, 15) is 41.1 Å². The fraction of sp³-hybridized carbons (Fsp3) is 0.348. The number of carboxylic acids is 2. The molecule has 1 fully saturated rings. The smallest absolute Gasteiger partial charge is 0.416 e. The Labute approximate surface area is 359 Å². The van der Waals surface area contributed by atoms with Crippen molar-refractivity contribution >= 4 is 28.7 Å². The summed E-state index contributed by atoms with van der Waals surface area (Å²) in [6.07, 6.45) is -4.12. The van der Waals surface area contributed by atoms with E-state index in [1.165, 1.54) is 49.6 Å². The van der Waals surface area contributed by atoms with Gasteiger partial charge in [0.05, 0.1) is 17.7 Å². The molecule has 12 nitrogen and oxygen atoms in total. The van der Waals surface area contributed by atoms with E-state index in [0.29, 0.717) is 34.5 Å². The number of piperidine rings is 1. The standard InChI is InChI=1S/C42H42F5N3O3.C4H6O6/c1-48(27-29-9-11-30(12-10-29)31-13-16-33(17-14-31)42(45,46)47)40(52)28-50-34(18-15-32-7-5-8-37(43)41(32)44)25-39(51)36-20-19-35(26-38(36)50)53-24-6-23-49-21-3-2-4-22-49;5-1(3(7)8)2(6)4(9)10/h5,7-14,16-17,19-20,25-26H,2-4,6,15,18,21-24,27-28H2,1H3;1-2,5-6H,(H,7,8)(H,9,10)/t;1-,2-/m.1/s1. The first-order valence-corrected chi connectivity index (χ1v) is 20.2. The fourth-order valence-corrected chi connectivity index (χ4v) is 7.10. The summed E-state index contributed by atoms with van der Waals surface area (Å²) in [7, 11) is 1.66. The molecule has 1 aromatic heterocycles. The average molecular weight is 882 g/mol. The second kappa shape index (κ2) is 21.8. The first-order chi connectivity index (χ1) is 29.9. The maximum absolute atomic E-state index is 14.6. The topological polar surface area (TPSA) is 170 Å². The van der Waals surface area contributed by atoms with Crippen LogP contribution >= 0.6 is 0 Å². The fourth-order valence-electron chi connectivity index (χ4n) is 7.10. The number of halogens is 5. The molecule has 0 bridgehead atoms. The maximum Gasteiger partial charge on any atom is 0.416 e. The first-order valence-electron chi connectivity index (χ1n) is 20.2. The molecule has 2 heterocycles. The summed E-state index contributed by atoms with van der Waals surface area (Å²) in [4.78, 5) is 50.7. The lowest BCUT2D eigenvalue weighted by molar-refractivity contribution is -0.165. The highest BCUT2D eigenvalue weighted by Gasteiger charge is 2.30. The number of hydrogen-bond donors (Lipinski definition) is 4. The molecular weight excluding hydrogens is 834 g/mol. The third kappa shape index (κ3) is 13.2. The van der Waals surface area contributed by atoms with E-state index in [1.807, 2.05) is 12.1 Å². The van der Waals surface area contributed by atoms with Crippen LogP contribution in [-0.2, 0) is 46.5 Å². The number of amides is 1. The van der Waals surface area contributed by atoms with Crippen LogP contribution in [0, 0.1) is 11.6 Å². The number of aromatic nitrogens is 1. The number of carboxylic acid groups (broad SMARTS) is 2. The summed E-state index contributed by atoms with van der Waals surface area (Å²) >= 11 is 0.